The van der Waals surface area contributed by atoms with Crippen LogP contribution in [0, 0.1) is 6.92 Å². The molecular formula is C11H22N4O2S. The smallest absolute Gasteiger partial charge is 0.262 e. The van der Waals surface area contributed by atoms with Crippen molar-refractivity contribution in [2.45, 2.75) is 38.3 Å². The number of sulfonamides is 1. The Balaban J connectivity index is 3.08. The fraction of sp³-hybridized carbons (Fsp3) is 0.727. The molecule has 2 N–H and O–H groups in total. The van der Waals surface area contributed by atoms with Gasteiger partial charge in [0.2, 0.25) is 0 Å². The van der Waals surface area contributed by atoms with Crippen LogP contribution in [0.15, 0.2) is 11.2 Å². The molecule has 0 bridgehead atoms. The van der Waals surface area contributed by atoms with Gasteiger partial charge in [0, 0.05) is 25.8 Å². The predicted molar refractivity (Wildman–Crippen MR) is 70.6 cm³/mol. The van der Waals surface area contributed by atoms with Gasteiger partial charge in [-0.25, -0.2) is 13.4 Å². The summed E-state index contributed by atoms with van der Waals surface area (Å²) < 4.78 is 28.1. The number of nitrogens with two attached hydrogens (primary N) is 1. The lowest BCUT2D eigenvalue weighted by Crippen LogP contribution is -2.38. The highest BCUT2D eigenvalue weighted by molar-refractivity contribution is 7.89. The molecule has 1 aromatic heterocycles. The van der Waals surface area contributed by atoms with Crippen molar-refractivity contribution in [3.8, 4) is 0 Å². The van der Waals surface area contributed by atoms with Gasteiger partial charge in [0.1, 0.15) is 5.82 Å². The number of aryl methyl sites for hydroxylation is 2. The van der Waals surface area contributed by atoms with Crippen LogP contribution in [-0.2, 0) is 17.1 Å². The zero-order valence-corrected chi connectivity index (χ0v) is 12.2. The largest absolute Gasteiger partial charge is 0.337 e. The van der Waals surface area contributed by atoms with E-state index in [2.05, 4.69) is 4.98 Å². The van der Waals surface area contributed by atoms with Crippen LogP contribution in [0.4, 0.5) is 0 Å². The van der Waals surface area contributed by atoms with Gasteiger partial charge in [-0.2, -0.15) is 4.31 Å². The third kappa shape index (κ3) is 3.09. The molecule has 6 nitrogen and oxygen atoms in total. The highest BCUT2D eigenvalue weighted by atomic mass is 32.2. The van der Waals surface area contributed by atoms with Gasteiger partial charge in [-0.3, -0.25) is 0 Å². The molecule has 0 aliphatic carbocycles. The summed E-state index contributed by atoms with van der Waals surface area (Å²) in [6.45, 7) is 6.37. The second-order valence-corrected chi connectivity index (χ2v) is 6.43. The molecule has 7 heteroatoms. The van der Waals surface area contributed by atoms with Crippen molar-refractivity contribution in [3.63, 3.8) is 0 Å². The Labute approximate surface area is 109 Å². The summed E-state index contributed by atoms with van der Waals surface area (Å²) in [6.07, 6.45) is 2.19. The molecule has 0 spiro atoms. The average molecular weight is 274 g/mol. The minimum Gasteiger partial charge on any atom is -0.337 e. The van der Waals surface area contributed by atoms with Crippen LogP contribution in [-0.4, -0.2) is 41.4 Å². The van der Waals surface area contributed by atoms with Crippen LogP contribution in [0.5, 0.6) is 0 Å². The molecular weight excluding hydrogens is 252 g/mol. The van der Waals surface area contributed by atoms with E-state index in [0.717, 1.165) is 0 Å². The van der Waals surface area contributed by atoms with Gasteiger partial charge in [-0.15, -0.1) is 0 Å². The Morgan fingerprint density at radius 3 is 2.50 bits per heavy atom. The average Bonchev–Trinajstić information content (AvgIpc) is 2.59. The molecule has 0 saturated heterocycles. The van der Waals surface area contributed by atoms with E-state index in [4.69, 9.17) is 5.73 Å². The Kier molecular flexibility index (Phi) is 4.89. The molecule has 18 heavy (non-hydrogen) atoms. The zero-order chi connectivity index (χ0) is 13.9. The first-order chi connectivity index (χ1) is 8.30. The SMILES string of the molecule is Cc1nc(S(=O)(=O)N(CCCN)C(C)C)cn1C. The minimum atomic E-state index is -3.53. The molecule has 1 aromatic rings. The van der Waals surface area contributed by atoms with Crippen molar-refractivity contribution in [1.82, 2.24) is 13.9 Å². The van der Waals surface area contributed by atoms with E-state index in [0.29, 0.717) is 25.3 Å². The summed E-state index contributed by atoms with van der Waals surface area (Å²) in [7, 11) is -1.75. The van der Waals surface area contributed by atoms with E-state index < -0.39 is 10.0 Å². The molecule has 0 saturated carbocycles. The molecule has 0 atom stereocenters. The summed E-state index contributed by atoms with van der Waals surface area (Å²) >= 11 is 0. The van der Waals surface area contributed by atoms with E-state index in [1.54, 1.807) is 24.7 Å². The fourth-order valence-corrected chi connectivity index (χ4v) is 3.38. The summed E-state index contributed by atoms with van der Waals surface area (Å²) in [5, 5.41) is 0.105. The fourth-order valence-electron chi connectivity index (χ4n) is 1.67. The third-order valence-electron chi connectivity index (χ3n) is 2.82. The Bertz CT molecular complexity index is 474. The quantitative estimate of drug-likeness (QED) is 0.818. The molecule has 0 radical (unpaired) electrons. The van der Waals surface area contributed by atoms with E-state index in [9.17, 15) is 8.42 Å². The normalized spacial score (nSPS) is 12.6. The van der Waals surface area contributed by atoms with E-state index in [1.807, 2.05) is 13.8 Å². The second kappa shape index (κ2) is 5.81. The minimum absolute atomic E-state index is 0.105. The first-order valence-electron chi connectivity index (χ1n) is 6.02. The van der Waals surface area contributed by atoms with Crippen LogP contribution in [0.3, 0.4) is 0 Å². The molecule has 104 valence electrons. The van der Waals surface area contributed by atoms with Gasteiger partial charge in [-0.1, -0.05) is 0 Å². The van der Waals surface area contributed by atoms with Gasteiger partial charge in [-0.05, 0) is 33.7 Å². The number of nitrogens with zero attached hydrogens (tertiary/aromatic N) is 3. The van der Waals surface area contributed by atoms with E-state index in [-0.39, 0.29) is 11.1 Å². The van der Waals surface area contributed by atoms with Crippen molar-refractivity contribution >= 4 is 10.0 Å². The monoisotopic (exact) mass is 274 g/mol. The van der Waals surface area contributed by atoms with Crippen LogP contribution < -0.4 is 5.73 Å². The van der Waals surface area contributed by atoms with Gasteiger partial charge >= 0.3 is 0 Å². The maximum atomic E-state index is 12.5. The molecule has 0 aliphatic heterocycles. The molecule has 0 unspecified atom stereocenters. The van der Waals surface area contributed by atoms with E-state index in [1.165, 1.54) is 4.31 Å². The number of rotatable bonds is 6. The maximum Gasteiger partial charge on any atom is 0.262 e. The topological polar surface area (TPSA) is 81.2 Å². The highest BCUT2D eigenvalue weighted by Crippen LogP contribution is 2.17. The standard InChI is InChI=1S/C11H22N4O2S/c1-9(2)15(7-5-6-12)18(16,17)11-8-14(4)10(3)13-11/h8-9H,5-7,12H2,1-4H3. The lowest BCUT2D eigenvalue weighted by Gasteiger charge is -2.24. The van der Waals surface area contributed by atoms with Crippen molar-refractivity contribution in [2.75, 3.05) is 13.1 Å². The van der Waals surface area contributed by atoms with Gasteiger partial charge in [0.05, 0.1) is 0 Å². The Morgan fingerprint density at radius 2 is 2.11 bits per heavy atom. The van der Waals surface area contributed by atoms with Crippen molar-refractivity contribution in [2.24, 2.45) is 12.8 Å². The molecule has 0 aromatic carbocycles. The second-order valence-electron chi connectivity index (χ2n) is 4.59. The summed E-state index contributed by atoms with van der Waals surface area (Å²) in [6, 6.07) is -0.108. The van der Waals surface area contributed by atoms with Gasteiger partial charge in [0.25, 0.3) is 10.0 Å². The number of hydrogen-bond acceptors (Lipinski definition) is 4. The van der Waals surface area contributed by atoms with Gasteiger partial charge < -0.3 is 10.3 Å². The lowest BCUT2D eigenvalue weighted by molar-refractivity contribution is 0.350. The van der Waals surface area contributed by atoms with Crippen molar-refractivity contribution < 1.29 is 8.42 Å². The summed E-state index contributed by atoms with van der Waals surface area (Å²) in [5.41, 5.74) is 5.45. The van der Waals surface area contributed by atoms with Crippen molar-refractivity contribution in [1.29, 1.82) is 0 Å². The highest BCUT2D eigenvalue weighted by Gasteiger charge is 2.28. The third-order valence-corrected chi connectivity index (χ3v) is 4.77. The van der Waals surface area contributed by atoms with Crippen LogP contribution in [0.2, 0.25) is 0 Å². The summed E-state index contributed by atoms with van der Waals surface area (Å²) in [4.78, 5) is 4.10. The number of imidazole rings is 1. The zero-order valence-electron chi connectivity index (χ0n) is 11.4. The van der Waals surface area contributed by atoms with Crippen molar-refractivity contribution in [3.05, 3.63) is 12.0 Å². The van der Waals surface area contributed by atoms with Crippen LogP contribution in [0.25, 0.3) is 0 Å². The van der Waals surface area contributed by atoms with Crippen LogP contribution in [0.1, 0.15) is 26.1 Å². The molecule has 1 heterocycles. The maximum absolute atomic E-state index is 12.5. The Hall–Kier alpha value is -0.920. The predicted octanol–water partition coefficient (Wildman–Crippen LogP) is 0.476. The first-order valence-corrected chi connectivity index (χ1v) is 7.46. The molecule has 0 amide bonds. The summed E-state index contributed by atoms with van der Waals surface area (Å²) in [5.74, 6) is 0.677. The number of hydrogen-bond donors (Lipinski definition) is 1. The molecule has 0 aliphatic rings. The lowest BCUT2D eigenvalue weighted by atomic mass is 10.3. The number of aromatic nitrogens is 2. The molecule has 1 rings (SSSR count). The first kappa shape index (κ1) is 15.1. The van der Waals surface area contributed by atoms with Gasteiger partial charge in [0.15, 0.2) is 5.03 Å². The Morgan fingerprint density at radius 1 is 1.50 bits per heavy atom. The van der Waals surface area contributed by atoms with E-state index >= 15 is 0 Å². The molecule has 0 fully saturated rings. The van der Waals surface area contributed by atoms with Crippen LogP contribution >= 0.6 is 0 Å².